The number of nitrogen functional groups attached to an aromatic ring is 1. The van der Waals surface area contributed by atoms with Crippen LogP contribution in [0, 0.1) is 5.82 Å². The molecule has 2 nitrogen and oxygen atoms in total. The van der Waals surface area contributed by atoms with Crippen molar-refractivity contribution in [3.63, 3.8) is 0 Å². The molecule has 1 aromatic rings. The first-order valence-corrected chi connectivity index (χ1v) is 5.71. The fraction of sp³-hybridized carbons (Fsp3) is 0.455. The topological polar surface area (TPSA) is 35.2 Å². The Labute approximate surface area is 94.0 Å². The van der Waals surface area contributed by atoms with E-state index in [9.17, 15) is 4.39 Å². The second kappa shape index (κ2) is 5.98. The summed E-state index contributed by atoms with van der Waals surface area (Å²) in [7, 11) is 1.68. The lowest BCUT2D eigenvalue weighted by Crippen LogP contribution is -2.01. The molecule has 0 aliphatic carbocycles. The average molecular weight is 229 g/mol. The number of benzene rings is 1. The van der Waals surface area contributed by atoms with Crippen molar-refractivity contribution in [2.45, 2.75) is 23.5 Å². The highest BCUT2D eigenvalue weighted by Crippen LogP contribution is 2.27. The molecule has 0 saturated carbocycles. The Bertz CT molecular complexity index is 299. The van der Waals surface area contributed by atoms with Crippen LogP contribution in [0.3, 0.4) is 0 Å². The Balaban J connectivity index is 2.56. The molecule has 2 N–H and O–H groups in total. The molecular weight excluding hydrogens is 213 g/mol. The van der Waals surface area contributed by atoms with Crippen molar-refractivity contribution in [3.8, 4) is 0 Å². The van der Waals surface area contributed by atoms with Crippen molar-refractivity contribution in [1.29, 1.82) is 0 Å². The van der Waals surface area contributed by atoms with E-state index in [4.69, 9.17) is 10.5 Å². The SMILES string of the molecule is COCCC(C)Sc1cc(N)cc(F)c1. The van der Waals surface area contributed by atoms with Crippen LogP contribution >= 0.6 is 11.8 Å². The zero-order chi connectivity index (χ0) is 11.3. The van der Waals surface area contributed by atoms with Gasteiger partial charge in [-0.2, -0.15) is 0 Å². The van der Waals surface area contributed by atoms with Gasteiger partial charge in [0.15, 0.2) is 0 Å². The fourth-order valence-corrected chi connectivity index (χ4v) is 2.29. The number of rotatable bonds is 5. The van der Waals surface area contributed by atoms with Gasteiger partial charge >= 0.3 is 0 Å². The van der Waals surface area contributed by atoms with Crippen LogP contribution in [0.5, 0.6) is 0 Å². The molecule has 1 unspecified atom stereocenters. The van der Waals surface area contributed by atoms with Crippen molar-refractivity contribution >= 4 is 17.4 Å². The van der Waals surface area contributed by atoms with Crippen molar-refractivity contribution in [1.82, 2.24) is 0 Å². The zero-order valence-corrected chi connectivity index (χ0v) is 9.81. The van der Waals surface area contributed by atoms with Gasteiger partial charge in [-0.3, -0.25) is 0 Å². The molecule has 84 valence electrons. The number of hydrogen-bond acceptors (Lipinski definition) is 3. The number of ether oxygens (including phenoxy) is 1. The summed E-state index contributed by atoms with van der Waals surface area (Å²) in [6.07, 6.45) is 0.942. The number of thioether (sulfide) groups is 1. The van der Waals surface area contributed by atoms with Crippen molar-refractivity contribution in [3.05, 3.63) is 24.0 Å². The van der Waals surface area contributed by atoms with Crippen molar-refractivity contribution in [2.75, 3.05) is 19.5 Å². The lowest BCUT2D eigenvalue weighted by atomic mass is 10.3. The number of halogens is 1. The number of methoxy groups -OCH3 is 1. The number of nitrogens with two attached hydrogens (primary N) is 1. The molecule has 4 heteroatoms. The molecule has 1 atom stereocenters. The molecule has 0 radical (unpaired) electrons. The summed E-state index contributed by atoms with van der Waals surface area (Å²) in [5, 5.41) is 0.395. The van der Waals surface area contributed by atoms with Gasteiger partial charge in [-0.05, 0) is 24.6 Å². The van der Waals surface area contributed by atoms with Gasteiger partial charge in [-0.15, -0.1) is 11.8 Å². The van der Waals surface area contributed by atoms with Gasteiger partial charge in [-0.1, -0.05) is 6.92 Å². The van der Waals surface area contributed by atoms with Crippen LogP contribution in [0.15, 0.2) is 23.1 Å². The molecule has 15 heavy (non-hydrogen) atoms. The van der Waals surface area contributed by atoms with E-state index >= 15 is 0 Å². The van der Waals surface area contributed by atoms with Gasteiger partial charge in [0.2, 0.25) is 0 Å². The van der Waals surface area contributed by atoms with Crippen LogP contribution in [0.1, 0.15) is 13.3 Å². The van der Waals surface area contributed by atoms with Crippen LogP contribution in [0.25, 0.3) is 0 Å². The van der Waals surface area contributed by atoms with Crippen LogP contribution in [0.4, 0.5) is 10.1 Å². The largest absolute Gasteiger partial charge is 0.399 e. The summed E-state index contributed by atoms with van der Waals surface area (Å²) in [6, 6.07) is 4.62. The first-order valence-electron chi connectivity index (χ1n) is 4.83. The number of hydrogen-bond donors (Lipinski definition) is 1. The van der Waals surface area contributed by atoms with Crippen LogP contribution in [0.2, 0.25) is 0 Å². The van der Waals surface area contributed by atoms with Crippen molar-refractivity contribution in [2.24, 2.45) is 0 Å². The lowest BCUT2D eigenvalue weighted by molar-refractivity contribution is 0.195. The molecule has 0 spiro atoms. The van der Waals surface area contributed by atoms with Gasteiger partial charge in [0.05, 0.1) is 0 Å². The van der Waals surface area contributed by atoms with Gasteiger partial charge < -0.3 is 10.5 Å². The smallest absolute Gasteiger partial charge is 0.126 e. The minimum absolute atomic E-state index is 0.281. The van der Waals surface area contributed by atoms with E-state index in [0.29, 0.717) is 10.9 Å². The molecule has 0 saturated heterocycles. The van der Waals surface area contributed by atoms with E-state index in [1.54, 1.807) is 24.9 Å². The van der Waals surface area contributed by atoms with Gasteiger partial charge in [-0.25, -0.2) is 4.39 Å². The molecule has 0 fully saturated rings. The van der Waals surface area contributed by atoms with E-state index in [2.05, 4.69) is 6.92 Å². The first-order chi connectivity index (χ1) is 7.11. The predicted octanol–water partition coefficient (Wildman–Crippen LogP) is 2.93. The Morgan fingerprint density at radius 2 is 2.20 bits per heavy atom. The summed E-state index contributed by atoms with van der Waals surface area (Å²) in [6.45, 7) is 2.81. The Hall–Kier alpha value is -0.740. The Morgan fingerprint density at radius 1 is 1.47 bits per heavy atom. The molecule has 0 aliphatic heterocycles. The molecule has 0 aliphatic rings. The lowest BCUT2D eigenvalue weighted by Gasteiger charge is -2.10. The minimum Gasteiger partial charge on any atom is -0.399 e. The summed E-state index contributed by atoms with van der Waals surface area (Å²) >= 11 is 1.61. The summed E-state index contributed by atoms with van der Waals surface area (Å²) in [5.41, 5.74) is 6.03. The van der Waals surface area contributed by atoms with E-state index in [1.807, 2.05) is 0 Å². The van der Waals surface area contributed by atoms with E-state index < -0.39 is 0 Å². The highest BCUT2D eigenvalue weighted by molar-refractivity contribution is 7.99. The standard InChI is InChI=1S/C11H16FNOS/c1-8(3-4-14-2)15-11-6-9(12)5-10(13)7-11/h5-8H,3-4,13H2,1-2H3. The van der Waals surface area contributed by atoms with Crippen LogP contribution in [-0.4, -0.2) is 19.0 Å². The fourth-order valence-electron chi connectivity index (χ4n) is 1.23. The average Bonchev–Trinajstić information content (AvgIpc) is 2.13. The normalized spacial score (nSPS) is 12.7. The monoisotopic (exact) mass is 229 g/mol. The first kappa shape index (κ1) is 12.3. The quantitative estimate of drug-likeness (QED) is 0.623. The highest BCUT2D eigenvalue weighted by Gasteiger charge is 2.06. The van der Waals surface area contributed by atoms with Crippen LogP contribution in [-0.2, 0) is 4.74 Å². The summed E-state index contributed by atoms with van der Waals surface area (Å²) in [4.78, 5) is 0.871. The van der Waals surface area contributed by atoms with Crippen LogP contribution < -0.4 is 5.73 Å². The molecule has 0 amide bonds. The maximum absolute atomic E-state index is 13.0. The van der Waals surface area contributed by atoms with Gasteiger partial charge in [0, 0.05) is 29.5 Å². The molecule has 1 aromatic carbocycles. The third kappa shape index (κ3) is 4.53. The maximum atomic E-state index is 13.0. The summed E-state index contributed by atoms with van der Waals surface area (Å²) in [5.74, 6) is -0.281. The summed E-state index contributed by atoms with van der Waals surface area (Å²) < 4.78 is 18.0. The van der Waals surface area contributed by atoms with E-state index in [0.717, 1.165) is 17.9 Å². The molecule has 0 bridgehead atoms. The zero-order valence-electron chi connectivity index (χ0n) is 9.00. The Kier molecular flexibility index (Phi) is 4.91. The third-order valence-corrected chi connectivity index (χ3v) is 3.11. The Morgan fingerprint density at radius 3 is 2.80 bits per heavy atom. The minimum atomic E-state index is -0.281. The van der Waals surface area contributed by atoms with Crippen molar-refractivity contribution < 1.29 is 9.13 Å². The predicted molar refractivity (Wildman–Crippen MR) is 62.6 cm³/mol. The molecular formula is C11H16FNOS. The molecule has 0 aromatic heterocycles. The molecule has 0 heterocycles. The maximum Gasteiger partial charge on any atom is 0.126 e. The third-order valence-electron chi connectivity index (χ3n) is 1.96. The second-order valence-electron chi connectivity index (χ2n) is 3.43. The van der Waals surface area contributed by atoms with E-state index in [1.165, 1.54) is 12.1 Å². The second-order valence-corrected chi connectivity index (χ2v) is 4.94. The van der Waals surface area contributed by atoms with Gasteiger partial charge in [0.1, 0.15) is 5.82 Å². The van der Waals surface area contributed by atoms with Gasteiger partial charge in [0.25, 0.3) is 0 Å². The number of anilines is 1. The molecule has 1 rings (SSSR count). The highest BCUT2D eigenvalue weighted by atomic mass is 32.2. The van der Waals surface area contributed by atoms with E-state index in [-0.39, 0.29) is 5.82 Å².